The molecule has 3 heterocycles. The molecule has 2 saturated heterocycles. The first kappa shape index (κ1) is 21.9. The van der Waals surface area contributed by atoms with Gasteiger partial charge in [0.2, 0.25) is 5.91 Å². The van der Waals surface area contributed by atoms with E-state index in [4.69, 9.17) is 5.73 Å². The topological polar surface area (TPSA) is 146 Å². The maximum atomic E-state index is 12.5. The van der Waals surface area contributed by atoms with Crippen LogP contribution in [0, 0.1) is 0 Å². The summed E-state index contributed by atoms with van der Waals surface area (Å²) in [7, 11) is 0. The second-order valence-corrected chi connectivity index (χ2v) is 7.97. The van der Waals surface area contributed by atoms with Crippen molar-refractivity contribution in [3.8, 4) is 5.69 Å². The minimum absolute atomic E-state index is 0.153. The zero-order chi connectivity index (χ0) is 22.5. The van der Waals surface area contributed by atoms with Crippen molar-refractivity contribution in [1.82, 2.24) is 30.4 Å². The molecule has 32 heavy (non-hydrogen) atoms. The molecule has 11 nitrogen and oxygen atoms in total. The Morgan fingerprint density at radius 2 is 1.84 bits per heavy atom. The van der Waals surface area contributed by atoms with Crippen molar-refractivity contribution in [3.05, 3.63) is 52.6 Å². The highest BCUT2D eigenvalue weighted by molar-refractivity contribution is 5.88. The van der Waals surface area contributed by atoms with Gasteiger partial charge in [-0.3, -0.25) is 14.7 Å². The Morgan fingerprint density at radius 3 is 2.47 bits per heavy atom. The van der Waals surface area contributed by atoms with Gasteiger partial charge < -0.3 is 26.6 Å². The van der Waals surface area contributed by atoms with Crippen LogP contribution >= 0.6 is 0 Å². The second kappa shape index (κ2) is 9.90. The van der Waals surface area contributed by atoms with Gasteiger partial charge >= 0.3 is 11.7 Å². The summed E-state index contributed by atoms with van der Waals surface area (Å²) in [6, 6.07) is 8.05. The molecule has 0 aliphatic carbocycles. The van der Waals surface area contributed by atoms with Crippen molar-refractivity contribution in [2.45, 2.75) is 18.5 Å². The van der Waals surface area contributed by atoms with Gasteiger partial charge in [-0.1, -0.05) is 12.1 Å². The Kier molecular flexibility index (Phi) is 6.78. The predicted molar refractivity (Wildman–Crippen MR) is 120 cm³/mol. The minimum Gasteiger partial charge on any atom is -0.349 e. The maximum Gasteiger partial charge on any atom is 0.354 e. The number of hydrogen-bond donors (Lipinski definition) is 5. The van der Waals surface area contributed by atoms with E-state index in [1.165, 1.54) is 4.57 Å². The van der Waals surface area contributed by atoms with E-state index in [9.17, 15) is 14.4 Å². The molecular formula is C21H28N8O3. The summed E-state index contributed by atoms with van der Waals surface area (Å²) in [5.41, 5.74) is 7.04. The van der Waals surface area contributed by atoms with Gasteiger partial charge in [0, 0.05) is 45.5 Å². The van der Waals surface area contributed by atoms with Gasteiger partial charge in [0.15, 0.2) is 0 Å². The third-order valence-corrected chi connectivity index (χ3v) is 5.58. The lowest BCUT2D eigenvalue weighted by atomic mass is 10.0. The zero-order valence-corrected chi connectivity index (χ0v) is 17.7. The standard InChI is InChI=1S/C21H28N8O3/c22-17(19(30)25-15-12-24-13-15)11-14-1-3-16(4-2-14)29-8-5-18(27-21(29)32)26-20(31)28-9-6-23-7-10-28/h1-5,8,15,17,23-24H,6-7,9-13,22H2,(H,25,30)(H,26,27,31,32)/t17-/m0/s1. The van der Waals surface area contributed by atoms with Gasteiger partial charge in [0.25, 0.3) is 0 Å². The molecule has 1 aromatic carbocycles. The molecule has 2 aromatic rings. The number of nitrogens with one attached hydrogen (secondary N) is 4. The van der Waals surface area contributed by atoms with Gasteiger partial charge in [-0.25, -0.2) is 9.59 Å². The van der Waals surface area contributed by atoms with Crippen molar-refractivity contribution >= 4 is 17.8 Å². The van der Waals surface area contributed by atoms with Crippen LogP contribution in [0.4, 0.5) is 10.6 Å². The Bertz CT molecular complexity index is 1010. The van der Waals surface area contributed by atoms with Crippen LogP contribution in [0.2, 0.25) is 0 Å². The van der Waals surface area contributed by atoms with Crippen LogP contribution in [0.3, 0.4) is 0 Å². The van der Waals surface area contributed by atoms with Gasteiger partial charge in [0.05, 0.1) is 17.8 Å². The molecule has 0 radical (unpaired) electrons. The zero-order valence-electron chi connectivity index (χ0n) is 17.7. The number of benzene rings is 1. The SMILES string of the molecule is N[C@@H](Cc1ccc(-n2ccc(NC(=O)N3CCNCC3)nc2=O)cc1)C(=O)NC1CNC1. The van der Waals surface area contributed by atoms with Crippen molar-refractivity contribution in [1.29, 1.82) is 0 Å². The molecule has 0 unspecified atom stereocenters. The number of anilines is 1. The molecule has 2 fully saturated rings. The molecule has 170 valence electrons. The number of carbonyl (C=O) groups is 2. The number of nitrogens with two attached hydrogens (primary N) is 1. The largest absolute Gasteiger partial charge is 0.354 e. The molecular weight excluding hydrogens is 412 g/mol. The van der Waals surface area contributed by atoms with Crippen molar-refractivity contribution in [3.63, 3.8) is 0 Å². The van der Waals surface area contributed by atoms with Gasteiger partial charge in [0.1, 0.15) is 5.82 Å². The van der Waals surface area contributed by atoms with Crippen molar-refractivity contribution in [2.24, 2.45) is 5.73 Å². The average Bonchev–Trinajstić information content (AvgIpc) is 2.77. The maximum absolute atomic E-state index is 12.5. The normalized spacial score (nSPS) is 17.3. The molecule has 1 atom stereocenters. The third kappa shape index (κ3) is 5.31. The van der Waals surface area contributed by atoms with Crippen LogP contribution in [0.15, 0.2) is 41.3 Å². The monoisotopic (exact) mass is 440 g/mol. The lowest BCUT2D eigenvalue weighted by Crippen LogP contribution is -2.59. The summed E-state index contributed by atoms with van der Waals surface area (Å²) in [6.45, 7) is 4.25. The molecule has 2 aliphatic heterocycles. The first-order chi connectivity index (χ1) is 15.5. The minimum atomic E-state index is -0.635. The number of nitrogens with zero attached hydrogens (tertiary/aromatic N) is 3. The smallest absolute Gasteiger partial charge is 0.349 e. The average molecular weight is 441 g/mol. The number of carbonyl (C=O) groups excluding carboxylic acids is 2. The van der Waals surface area contributed by atoms with Crippen LogP contribution in [0.5, 0.6) is 0 Å². The van der Waals surface area contributed by atoms with Crippen LogP contribution in [0.1, 0.15) is 5.56 Å². The van der Waals surface area contributed by atoms with Crippen molar-refractivity contribution < 1.29 is 9.59 Å². The van der Waals surface area contributed by atoms with Crippen LogP contribution < -0.4 is 32.7 Å². The quantitative estimate of drug-likeness (QED) is 0.372. The van der Waals surface area contributed by atoms with E-state index >= 15 is 0 Å². The highest BCUT2D eigenvalue weighted by atomic mass is 16.2. The molecule has 1 aromatic heterocycles. The number of hydrogen-bond acceptors (Lipinski definition) is 7. The van der Waals surface area contributed by atoms with Crippen LogP contribution in [-0.2, 0) is 11.2 Å². The lowest BCUT2D eigenvalue weighted by molar-refractivity contribution is -0.123. The Balaban J connectivity index is 1.36. The van der Waals surface area contributed by atoms with Crippen LogP contribution in [0.25, 0.3) is 5.69 Å². The summed E-state index contributed by atoms with van der Waals surface area (Å²) < 4.78 is 1.39. The molecule has 0 spiro atoms. The Labute approximate surface area is 185 Å². The molecule has 3 amide bonds. The molecule has 0 saturated carbocycles. The third-order valence-electron chi connectivity index (χ3n) is 5.58. The summed E-state index contributed by atoms with van der Waals surface area (Å²) in [4.78, 5) is 42.6. The number of amides is 3. The summed E-state index contributed by atoms with van der Waals surface area (Å²) in [6.07, 6.45) is 1.97. The Hall–Kier alpha value is -3.28. The highest BCUT2D eigenvalue weighted by Crippen LogP contribution is 2.11. The van der Waals surface area contributed by atoms with E-state index in [1.807, 2.05) is 12.1 Å². The summed E-state index contributed by atoms with van der Waals surface area (Å²) in [5.74, 6) is 0.0458. The fraction of sp³-hybridized carbons (Fsp3) is 0.429. The summed E-state index contributed by atoms with van der Waals surface area (Å²) >= 11 is 0. The van der Waals surface area contributed by atoms with Crippen molar-refractivity contribution in [2.75, 3.05) is 44.6 Å². The predicted octanol–water partition coefficient (Wildman–Crippen LogP) is -1.37. The van der Waals surface area contributed by atoms with E-state index in [1.54, 1.807) is 29.3 Å². The van der Waals surface area contributed by atoms with Crippen LogP contribution in [-0.4, -0.2) is 77.7 Å². The molecule has 6 N–H and O–H groups in total. The first-order valence-corrected chi connectivity index (χ1v) is 10.7. The molecule has 11 heteroatoms. The Morgan fingerprint density at radius 1 is 1.12 bits per heavy atom. The summed E-state index contributed by atoms with van der Waals surface area (Å²) in [5, 5.41) is 11.9. The van der Waals surface area contributed by atoms with E-state index in [0.717, 1.165) is 31.7 Å². The van der Waals surface area contributed by atoms with E-state index in [0.29, 0.717) is 25.2 Å². The highest BCUT2D eigenvalue weighted by Gasteiger charge is 2.22. The molecule has 2 aliphatic rings. The first-order valence-electron chi connectivity index (χ1n) is 10.7. The molecule has 4 rings (SSSR count). The fourth-order valence-electron chi connectivity index (χ4n) is 3.56. The molecule has 0 bridgehead atoms. The number of aromatic nitrogens is 2. The number of piperazine rings is 1. The number of rotatable bonds is 6. The van der Waals surface area contributed by atoms with Gasteiger partial charge in [-0.2, -0.15) is 4.98 Å². The second-order valence-electron chi connectivity index (χ2n) is 7.97. The van der Waals surface area contributed by atoms with Gasteiger partial charge in [-0.05, 0) is 30.2 Å². The number of urea groups is 1. The van der Waals surface area contributed by atoms with E-state index in [2.05, 4.69) is 26.3 Å². The van der Waals surface area contributed by atoms with E-state index < -0.39 is 11.7 Å². The lowest BCUT2D eigenvalue weighted by Gasteiger charge is -2.29. The van der Waals surface area contributed by atoms with E-state index in [-0.39, 0.29) is 23.8 Å². The van der Waals surface area contributed by atoms with Gasteiger partial charge in [-0.15, -0.1) is 0 Å². The fourth-order valence-corrected chi connectivity index (χ4v) is 3.56.